The fraction of sp³-hybridized carbons (Fsp3) is 0.182. The van der Waals surface area contributed by atoms with Gasteiger partial charge < -0.3 is 19.6 Å². The Labute approximate surface area is 181 Å². The summed E-state index contributed by atoms with van der Waals surface area (Å²) >= 11 is 0. The lowest BCUT2D eigenvalue weighted by atomic mass is 9.88. The van der Waals surface area contributed by atoms with Gasteiger partial charge in [0, 0.05) is 30.2 Å². The number of carbonyl (C=O) groups excluding carboxylic acids is 1. The number of nitrogens with zero attached hydrogens (tertiary/aromatic N) is 1. The maximum absolute atomic E-state index is 13.6. The van der Waals surface area contributed by atoms with Crippen molar-refractivity contribution in [1.29, 1.82) is 0 Å². The van der Waals surface area contributed by atoms with Gasteiger partial charge in [0.1, 0.15) is 17.3 Å². The summed E-state index contributed by atoms with van der Waals surface area (Å²) in [7, 11) is 1.49. The van der Waals surface area contributed by atoms with Gasteiger partial charge in [0.2, 0.25) is 11.7 Å². The second kappa shape index (κ2) is 9.29. The Kier molecular flexibility index (Phi) is 6.53. The minimum Gasteiger partial charge on any atom is -0.507 e. The molecule has 3 aromatic rings. The van der Waals surface area contributed by atoms with Gasteiger partial charge in [-0.05, 0) is 36.8 Å². The number of hydrogen-bond acceptors (Lipinski definition) is 7. The van der Waals surface area contributed by atoms with Crippen LogP contribution in [-0.2, 0) is 4.79 Å². The Morgan fingerprint density at radius 2 is 1.94 bits per heavy atom. The van der Waals surface area contributed by atoms with E-state index in [-0.39, 0.29) is 29.2 Å². The van der Waals surface area contributed by atoms with Crippen LogP contribution in [0.2, 0.25) is 0 Å². The van der Waals surface area contributed by atoms with Crippen molar-refractivity contribution in [3.8, 4) is 11.5 Å². The number of nitro benzene ring substituents is 1. The summed E-state index contributed by atoms with van der Waals surface area (Å²) in [5, 5.41) is 23.8. The highest BCUT2D eigenvalue weighted by atomic mass is 19.1. The van der Waals surface area contributed by atoms with Crippen molar-refractivity contribution >= 4 is 17.3 Å². The molecule has 1 amide bonds. The van der Waals surface area contributed by atoms with Crippen LogP contribution in [0.3, 0.4) is 0 Å². The van der Waals surface area contributed by atoms with Crippen LogP contribution >= 0.6 is 0 Å². The van der Waals surface area contributed by atoms with Gasteiger partial charge >= 0.3 is 11.3 Å². The molecule has 0 unspecified atom stereocenters. The zero-order chi connectivity index (χ0) is 23.4. The van der Waals surface area contributed by atoms with Crippen molar-refractivity contribution in [2.24, 2.45) is 0 Å². The first-order valence-corrected chi connectivity index (χ1v) is 9.41. The molecule has 9 nitrogen and oxygen atoms in total. The van der Waals surface area contributed by atoms with E-state index in [1.807, 2.05) is 0 Å². The fourth-order valence-electron chi connectivity index (χ4n) is 3.28. The van der Waals surface area contributed by atoms with Crippen molar-refractivity contribution in [2.45, 2.75) is 19.3 Å². The molecule has 0 saturated heterocycles. The second-order valence-corrected chi connectivity index (χ2v) is 6.94. The van der Waals surface area contributed by atoms with Crippen LogP contribution in [-0.4, -0.2) is 23.0 Å². The molecule has 0 radical (unpaired) electrons. The molecule has 166 valence electrons. The highest BCUT2D eigenvalue weighted by molar-refractivity contribution is 5.92. The zero-order valence-corrected chi connectivity index (χ0v) is 17.1. The molecule has 1 heterocycles. The topological polar surface area (TPSA) is 132 Å². The number of methoxy groups -OCH3 is 1. The maximum Gasteiger partial charge on any atom is 0.343 e. The Bertz CT molecular complexity index is 1220. The molecule has 2 aromatic carbocycles. The molecule has 1 atom stereocenters. The number of ether oxygens (including phenoxy) is 1. The Hall–Kier alpha value is -4.21. The lowest BCUT2D eigenvalue weighted by molar-refractivity contribution is -0.387. The summed E-state index contributed by atoms with van der Waals surface area (Å²) in [4.78, 5) is 35.3. The van der Waals surface area contributed by atoms with Crippen LogP contribution < -0.4 is 15.7 Å². The lowest BCUT2D eigenvalue weighted by Gasteiger charge is -2.18. The standard InChI is InChI=1S/C22H19FN2O7/c1-12-9-19(26)21(22(28)32-12)16(13-3-6-15(31-2)7-4-13)11-20(27)24-14-5-8-17(23)18(10-14)25(29)30/h3-10,16,26H,11H2,1-2H3,(H,24,27)/t16-/m0/s1. The van der Waals surface area contributed by atoms with E-state index in [1.54, 1.807) is 24.3 Å². The average Bonchev–Trinajstić information content (AvgIpc) is 2.73. The van der Waals surface area contributed by atoms with E-state index in [0.717, 1.165) is 12.1 Å². The predicted molar refractivity (Wildman–Crippen MR) is 113 cm³/mol. The third kappa shape index (κ3) is 4.91. The van der Waals surface area contributed by atoms with Gasteiger partial charge in [-0.3, -0.25) is 14.9 Å². The zero-order valence-electron chi connectivity index (χ0n) is 17.1. The summed E-state index contributed by atoms with van der Waals surface area (Å²) in [6.45, 7) is 1.50. The molecule has 0 fully saturated rings. The number of nitro groups is 1. The monoisotopic (exact) mass is 442 g/mol. The molecule has 0 aliphatic rings. The maximum atomic E-state index is 13.6. The van der Waals surface area contributed by atoms with Gasteiger partial charge in [0.05, 0.1) is 17.6 Å². The van der Waals surface area contributed by atoms with E-state index in [0.29, 0.717) is 11.3 Å². The van der Waals surface area contributed by atoms with Crippen LogP contribution in [0.25, 0.3) is 0 Å². The Morgan fingerprint density at radius 1 is 1.25 bits per heavy atom. The van der Waals surface area contributed by atoms with Gasteiger partial charge in [-0.15, -0.1) is 0 Å². The fourth-order valence-corrected chi connectivity index (χ4v) is 3.28. The van der Waals surface area contributed by atoms with E-state index >= 15 is 0 Å². The van der Waals surface area contributed by atoms with Crippen molar-refractivity contribution in [2.75, 3.05) is 12.4 Å². The first kappa shape index (κ1) is 22.5. The van der Waals surface area contributed by atoms with Crippen LogP contribution in [0.1, 0.15) is 29.2 Å². The van der Waals surface area contributed by atoms with Crippen molar-refractivity contribution < 1.29 is 28.4 Å². The third-order valence-electron chi connectivity index (χ3n) is 4.77. The Morgan fingerprint density at radius 3 is 2.53 bits per heavy atom. The largest absolute Gasteiger partial charge is 0.507 e. The molecule has 0 aliphatic heterocycles. The number of aromatic hydroxyl groups is 1. The smallest absolute Gasteiger partial charge is 0.343 e. The molecule has 1 aromatic heterocycles. The van der Waals surface area contributed by atoms with Crippen molar-refractivity contribution in [1.82, 2.24) is 0 Å². The number of anilines is 1. The van der Waals surface area contributed by atoms with Crippen molar-refractivity contribution in [3.05, 3.63) is 91.8 Å². The average molecular weight is 442 g/mol. The molecule has 10 heteroatoms. The molecule has 0 spiro atoms. The molecule has 3 rings (SSSR count). The summed E-state index contributed by atoms with van der Waals surface area (Å²) in [6, 6.07) is 10.8. The van der Waals surface area contributed by atoms with Gasteiger partial charge in [-0.2, -0.15) is 4.39 Å². The molecule has 0 bridgehead atoms. The number of benzene rings is 2. The van der Waals surface area contributed by atoms with E-state index < -0.39 is 33.9 Å². The van der Waals surface area contributed by atoms with E-state index in [4.69, 9.17) is 9.15 Å². The van der Waals surface area contributed by atoms with Crippen LogP contribution in [0.5, 0.6) is 11.5 Å². The minimum absolute atomic E-state index is 0.0109. The summed E-state index contributed by atoms with van der Waals surface area (Å²) in [6.07, 6.45) is -0.307. The second-order valence-electron chi connectivity index (χ2n) is 6.94. The number of rotatable bonds is 7. The number of amides is 1. The van der Waals surface area contributed by atoms with Gasteiger partial charge in [0.25, 0.3) is 0 Å². The lowest BCUT2D eigenvalue weighted by Crippen LogP contribution is -2.21. The van der Waals surface area contributed by atoms with E-state index in [9.17, 15) is 29.2 Å². The number of carbonyl (C=O) groups is 1. The number of hydrogen-bond donors (Lipinski definition) is 2. The normalized spacial score (nSPS) is 11.6. The molecular formula is C22H19FN2O7. The first-order valence-electron chi connectivity index (χ1n) is 9.41. The van der Waals surface area contributed by atoms with Gasteiger partial charge in [-0.25, -0.2) is 4.79 Å². The number of aryl methyl sites for hydroxylation is 1. The SMILES string of the molecule is COc1ccc([C@H](CC(=O)Nc2ccc(F)c([N+](=O)[O-])c2)c2c(O)cc(C)oc2=O)cc1. The van der Waals surface area contributed by atoms with Gasteiger partial charge in [-0.1, -0.05) is 12.1 Å². The van der Waals surface area contributed by atoms with E-state index in [2.05, 4.69) is 5.32 Å². The quantitative estimate of drug-likeness (QED) is 0.419. The summed E-state index contributed by atoms with van der Waals surface area (Å²) in [5.74, 6) is -2.13. The van der Waals surface area contributed by atoms with Crippen LogP contribution in [0.15, 0.2) is 57.7 Å². The highest BCUT2D eigenvalue weighted by Gasteiger charge is 2.26. The predicted octanol–water partition coefficient (Wildman–Crippen LogP) is 3.87. The van der Waals surface area contributed by atoms with Gasteiger partial charge in [0.15, 0.2) is 0 Å². The number of halogens is 1. The minimum atomic E-state index is -1.04. The summed E-state index contributed by atoms with van der Waals surface area (Å²) in [5.41, 5.74) is -1.16. The summed E-state index contributed by atoms with van der Waals surface area (Å²) < 4.78 is 23.8. The molecule has 2 N–H and O–H groups in total. The molecule has 32 heavy (non-hydrogen) atoms. The first-order chi connectivity index (χ1) is 15.2. The van der Waals surface area contributed by atoms with Crippen LogP contribution in [0.4, 0.5) is 15.8 Å². The number of nitrogens with one attached hydrogen (secondary N) is 1. The molecule has 0 saturated carbocycles. The molecule has 0 aliphatic carbocycles. The van der Waals surface area contributed by atoms with Crippen molar-refractivity contribution in [3.63, 3.8) is 0 Å². The highest BCUT2D eigenvalue weighted by Crippen LogP contribution is 2.33. The third-order valence-corrected chi connectivity index (χ3v) is 4.77. The van der Waals surface area contributed by atoms with Crippen LogP contribution in [0, 0.1) is 22.9 Å². The molecular weight excluding hydrogens is 423 g/mol. The Balaban J connectivity index is 1.96. The van der Waals surface area contributed by atoms with E-state index in [1.165, 1.54) is 26.2 Å².